The monoisotopic (exact) mass is 291 g/mol. The Bertz CT molecular complexity index is 583. The van der Waals surface area contributed by atoms with Gasteiger partial charge in [0.25, 0.3) is 5.91 Å². The molecule has 1 N–H and O–H groups in total. The van der Waals surface area contributed by atoms with Crippen molar-refractivity contribution in [3.63, 3.8) is 0 Å². The predicted octanol–water partition coefficient (Wildman–Crippen LogP) is 3.84. The van der Waals surface area contributed by atoms with Crippen LogP contribution in [0.5, 0.6) is 0 Å². The van der Waals surface area contributed by atoms with Crippen molar-refractivity contribution in [1.82, 2.24) is 5.32 Å². The van der Waals surface area contributed by atoms with E-state index in [2.05, 4.69) is 5.32 Å². The summed E-state index contributed by atoms with van der Waals surface area (Å²) in [6.45, 7) is 0.557. The summed E-state index contributed by atoms with van der Waals surface area (Å²) in [6.07, 6.45) is 1.61. The maximum atomic E-state index is 12.7. The first kappa shape index (κ1) is 14.5. The number of rotatable bonds is 5. The average Bonchev–Trinajstić information content (AvgIpc) is 2.46. The van der Waals surface area contributed by atoms with Gasteiger partial charge < -0.3 is 5.32 Å². The third-order valence-corrected chi connectivity index (χ3v) is 3.34. The van der Waals surface area contributed by atoms with Crippen molar-refractivity contribution in [3.8, 4) is 0 Å². The molecule has 0 bridgehead atoms. The Labute approximate surface area is 122 Å². The predicted molar refractivity (Wildman–Crippen MR) is 78.5 cm³/mol. The Morgan fingerprint density at radius 3 is 2.50 bits per heavy atom. The average molecular weight is 292 g/mol. The van der Waals surface area contributed by atoms with Crippen molar-refractivity contribution in [2.45, 2.75) is 12.8 Å². The standard InChI is InChI=1S/C16H15ClFNO/c17-15-6-2-1-4-12(15)5-3-11-19-16(20)13-7-9-14(18)10-8-13/h1-2,4,6-10H,3,5,11H2,(H,19,20). The van der Waals surface area contributed by atoms with E-state index < -0.39 is 0 Å². The molecular formula is C16H15ClFNO. The second-order valence-corrected chi connectivity index (χ2v) is 4.86. The van der Waals surface area contributed by atoms with Gasteiger partial charge in [-0.15, -0.1) is 0 Å². The molecule has 0 unspecified atom stereocenters. The number of carbonyl (C=O) groups is 1. The van der Waals surface area contributed by atoms with Gasteiger partial charge in [0.05, 0.1) is 0 Å². The molecule has 0 spiro atoms. The molecule has 0 atom stereocenters. The van der Waals surface area contributed by atoms with Gasteiger partial charge in [-0.3, -0.25) is 4.79 Å². The molecule has 0 radical (unpaired) electrons. The zero-order valence-electron chi connectivity index (χ0n) is 10.9. The number of hydrogen-bond acceptors (Lipinski definition) is 1. The fourth-order valence-corrected chi connectivity index (χ4v) is 2.12. The molecule has 0 aliphatic heterocycles. The van der Waals surface area contributed by atoms with E-state index in [0.29, 0.717) is 12.1 Å². The van der Waals surface area contributed by atoms with Crippen LogP contribution in [-0.4, -0.2) is 12.5 Å². The molecule has 2 nitrogen and oxygen atoms in total. The summed E-state index contributed by atoms with van der Waals surface area (Å²) in [4.78, 5) is 11.8. The van der Waals surface area contributed by atoms with E-state index in [9.17, 15) is 9.18 Å². The van der Waals surface area contributed by atoms with E-state index >= 15 is 0 Å². The van der Waals surface area contributed by atoms with Crippen molar-refractivity contribution in [2.75, 3.05) is 6.54 Å². The molecule has 1 amide bonds. The summed E-state index contributed by atoms with van der Waals surface area (Å²) in [5, 5.41) is 3.55. The second-order valence-electron chi connectivity index (χ2n) is 4.46. The van der Waals surface area contributed by atoms with Crippen molar-refractivity contribution >= 4 is 17.5 Å². The molecule has 0 aliphatic carbocycles. The van der Waals surface area contributed by atoms with Gasteiger partial charge in [0, 0.05) is 17.1 Å². The summed E-state index contributed by atoms with van der Waals surface area (Å²) in [7, 11) is 0. The lowest BCUT2D eigenvalue weighted by Gasteiger charge is -2.06. The summed E-state index contributed by atoms with van der Waals surface area (Å²) in [6, 6.07) is 13.2. The molecule has 0 saturated carbocycles. The van der Waals surface area contributed by atoms with Crippen LogP contribution in [0.2, 0.25) is 5.02 Å². The first-order valence-electron chi connectivity index (χ1n) is 6.44. The Morgan fingerprint density at radius 2 is 1.80 bits per heavy atom. The highest BCUT2D eigenvalue weighted by atomic mass is 35.5. The minimum atomic E-state index is -0.347. The van der Waals surface area contributed by atoms with E-state index in [1.807, 2.05) is 24.3 Å². The molecule has 104 valence electrons. The van der Waals surface area contributed by atoms with Crippen LogP contribution in [0.1, 0.15) is 22.3 Å². The van der Waals surface area contributed by atoms with Crippen molar-refractivity contribution in [2.24, 2.45) is 0 Å². The van der Waals surface area contributed by atoms with E-state index in [1.165, 1.54) is 24.3 Å². The lowest BCUT2D eigenvalue weighted by atomic mass is 10.1. The van der Waals surface area contributed by atoms with Gasteiger partial charge in [0.1, 0.15) is 5.82 Å². The first-order chi connectivity index (χ1) is 9.66. The number of hydrogen-bond donors (Lipinski definition) is 1. The highest BCUT2D eigenvalue weighted by molar-refractivity contribution is 6.31. The summed E-state index contributed by atoms with van der Waals surface area (Å²) >= 11 is 6.05. The molecule has 0 aliphatic rings. The highest BCUT2D eigenvalue weighted by Crippen LogP contribution is 2.16. The number of aryl methyl sites for hydroxylation is 1. The first-order valence-corrected chi connectivity index (χ1v) is 6.82. The fourth-order valence-electron chi connectivity index (χ4n) is 1.89. The third-order valence-electron chi connectivity index (χ3n) is 2.97. The Hall–Kier alpha value is -1.87. The number of nitrogens with one attached hydrogen (secondary N) is 1. The van der Waals surface area contributed by atoms with Gasteiger partial charge in [-0.05, 0) is 48.7 Å². The van der Waals surface area contributed by atoms with Crippen LogP contribution in [0.25, 0.3) is 0 Å². The summed E-state index contributed by atoms with van der Waals surface area (Å²) < 4.78 is 12.7. The molecule has 20 heavy (non-hydrogen) atoms. The molecule has 0 saturated heterocycles. The van der Waals surface area contributed by atoms with Gasteiger partial charge in [-0.2, -0.15) is 0 Å². The largest absolute Gasteiger partial charge is 0.352 e. The zero-order valence-corrected chi connectivity index (χ0v) is 11.7. The van der Waals surface area contributed by atoms with Crippen LogP contribution in [0.3, 0.4) is 0 Å². The molecule has 0 fully saturated rings. The maximum absolute atomic E-state index is 12.7. The molecule has 2 aromatic carbocycles. The zero-order chi connectivity index (χ0) is 14.4. The van der Waals surface area contributed by atoms with Gasteiger partial charge in [0.2, 0.25) is 0 Å². The van der Waals surface area contributed by atoms with E-state index in [-0.39, 0.29) is 11.7 Å². The lowest BCUT2D eigenvalue weighted by Crippen LogP contribution is -2.24. The van der Waals surface area contributed by atoms with Gasteiger partial charge in [0.15, 0.2) is 0 Å². The van der Waals surface area contributed by atoms with Gasteiger partial charge >= 0.3 is 0 Å². The van der Waals surface area contributed by atoms with E-state index in [1.54, 1.807) is 0 Å². The number of halogens is 2. The van der Waals surface area contributed by atoms with Gasteiger partial charge in [-0.25, -0.2) is 4.39 Å². The SMILES string of the molecule is O=C(NCCCc1ccccc1Cl)c1ccc(F)cc1. The molecule has 2 rings (SSSR count). The van der Waals surface area contributed by atoms with Crippen molar-refractivity contribution in [3.05, 3.63) is 70.5 Å². The second kappa shape index (κ2) is 7.06. The van der Waals surface area contributed by atoms with Crippen LogP contribution in [0.4, 0.5) is 4.39 Å². The molecular weight excluding hydrogens is 277 g/mol. The Morgan fingerprint density at radius 1 is 1.10 bits per heavy atom. The quantitative estimate of drug-likeness (QED) is 0.833. The Balaban J connectivity index is 1.77. The number of carbonyl (C=O) groups excluding carboxylic acids is 1. The minimum Gasteiger partial charge on any atom is -0.352 e. The van der Waals surface area contributed by atoms with Crippen LogP contribution in [0.15, 0.2) is 48.5 Å². The third kappa shape index (κ3) is 4.07. The fraction of sp³-hybridized carbons (Fsp3) is 0.188. The van der Waals surface area contributed by atoms with Gasteiger partial charge in [-0.1, -0.05) is 29.8 Å². The molecule has 0 heterocycles. The van der Waals surface area contributed by atoms with Crippen LogP contribution < -0.4 is 5.32 Å². The molecule has 2 aromatic rings. The van der Waals surface area contributed by atoms with Crippen molar-refractivity contribution in [1.29, 1.82) is 0 Å². The minimum absolute atomic E-state index is 0.191. The van der Waals surface area contributed by atoms with Crippen LogP contribution in [-0.2, 0) is 6.42 Å². The molecule has 4 heteroatoms. The maximum Gasteiger partial charge on any atom is 0.251 e. The van der Waals surface area contributed by atoms with E-state index in [0.717, 1.165) is 23.4 Å². The lowest BCUT2D eigenvalue weighted by molar-refractivity contribution is 0.0953. The number of amides is 1. The topological polar surface area (TPSA) is 29.1 Å². The summed E-state index contributed by atoms with van der Waals surface area (Å²) in [5.74, 6) is -0.538. The number of benzene rings is 2. The Kier molecular flexibility index (Phi) is 5.13. The highest BCUT2D eigenvalue weighted by Gasteiger charge is 2.05. The normalized spacial score (nSPS) is 10.3. The molecule has 0 aromatic heterocycles. The van der Waals surface area contributed by atoms with Crippen LogP contribution >= 0.6 is 11.6 Å². The van der Waals surface area contributed by atoms with E-state index in [4.69, 9.17) is 11.6 Å². The summed E-state index contributed by atoms with van der Waals surface area (Å²) in [5.41, 5.74) is 1.54. The smallest absolute Gasteiger partial charge is 0.251 e. The van der Waals surface area contributed by atoms with Crippen molar-refractivity contribution < 1.29 is 9.18 Å². The van der Waals surface area contributed by atoms with Crippen LogP contribution in [0, 0.1) is 5.82 Å².